The highest BCUT2D eigenvalue weighted by molar-refractivity contribution is 6.06. The normalized spacial score (nSPS) is 11.0. The van der Waals surface area contributed by atoms with Crippen LogP contribution in [-0.2, 0) is 6.42 Å². The van der Waals surface area contributed by atoms with Gasteiger partial charge in [-0.25, -0.2) is 0 Å². The molecular formula is C27H28N2. The third-order valence-electron chi connectivity index (χ3n) is 5.69. The van der Waals surface area contributed by atoms with Crippen molar-refractivity contribution in [3.8, 4) is 22.3 Å². The Morgan fingerprint density at radius 3 is 2.21 bits per heavy atom. The zero-order valence-electron chi connectivity index (χ0n) is 17.5. The van der Waals surface area contributed by atoms with E-state index >= 15 is 0 Å². The average molecular weight is 381 g/mol. The first-order chi connectivity index (χ1) is 14.3. The van der Waals surface area contributed by atoms with Crippen molar-refractivity contribution in [1.29, 1.82) is 0 Å². The highest BCUT2D eigenvalue weighted by Gasteiger charge is 2.18. The van der Waals surface area contributed by atoms with E-state index < -0.39 is 0 Å². The molecule has 4 rings (SSSR count). The number of nitrogens with zero attached hydrogens (tertiary/aromatic N) is 2. The van der Waals surface area contributed by atoms with Crippen molar-refractivity contribution in [3.05, 3.63) is 84.7 Å². The second kappa shape index (κ2) is 8.48. The summed E-state index contributed by atoms with van der Waals surface area (Å²) in [4.78, 5) is 7.24. The molecule has 0 saturated heterocycles. The van der Waals surface area contributed by atoms with Crippen LogP contribution in [0.3, 0.4) is 0 Å². The van der Waals surface area contributed by atoms with Crippen LogP contribution in [0.4, 0.5) is 5.69 Å². The van der Waals surface area contributed by atoms with E-state index in [-0.39, 0.29) is 0 Å². The van der Waals surface area contributed by atoms with Crippen LogP contribution in [0.1, 0.15) is 26.5 Å². The summed E-state index contributed by atoms with van der Waals surface area (Å²) in [6.45, 7) is 8.56. The molecule has 0 aliphatic rings. The summed E-state index contributed by atoms with van der Waals surface area (Å²) in [5.41, 5.74) is 7.38. The van der Waals surface area contributed by atoms with Gasteiger partial charge in [0.1, 0.15) is 0 Å². The molecule has 0 unspecified atom stereocenters. The maximum Gasteiger partial charge on any atom is 0.0480 e. The van der Waals surface area contributed by atoms with Gasteiger partial charge in [0.25, 0.3) is 0 Å². The first-order valence-corrected chi connectivity index (χ1v) is 10.6. The molecule has 0 N–H and O–H groups in total. The molecule has 2 heteroatoms. The molecule has 4 aromatic rings. The Morgan fingerprint density at radius 1 is 0.759 bits per heavy atom. The van der Waals surface area contributed by atoms with Gasteiger partial charge in [-0.05, 0) is 48.2 Å². The highest BCUT2D eigenvalue weighted by atomic mass is 15.1. The number of pyridine rings is 1. The van der Waals surface area contributed by atoms with Gasteiger partial charge >= 0.3 is 0 Å². The van der Waals surface area contributed by atoms with Crippen LogP contribution in [0.15, 0.2) is 79.0 Å². The topological polar surface area (TPSA) is 16.1 Å². The first kappa shape index (κ1) is 19.2. The quantitative estimate of drug-likeness (QED) is 0.359. The largest absolute Gasteiger partial charge is 0.371 e. The minimum atomic E-state index is 0.940. The fourth-order valence-electron chi connectivity index (χ4n) is 4.12. The van der Waals surface area contributed by atoms with Crippen molar-refractivity contribution in [1.82, 2.24) is 4.98 Å². The minimum absolute atomic E-state index is 0.940. The summed E-state index contributed by atoms with van der Waals surface area (Å²) >= 11 is 0. The number of aryl methyl sites for hydroxylation is 1. The Hall–Kier alpha value is -3.13. The van der Waals surface area contributed by atoms with Crippen LogP contribution in [0.5, 0.6) is 0 Å². The summed E-state index contributed by atoms with van der Waals surface area (Å²) in [7, 11) is 0. The standard InChI is InChI=1S/C27H28N2/c1-4-22-18-26(29(5-2)6-3)25(19-28-22)27-23-15-11-10-14-21(23)16-17-24(27)20-12-8-7-9-13-20/h7-19H,4-6H2,1-3H3. The molecule has 146 valence electrons. The third kappa shape index (κ3) is 3.63. The van der Waals surface area contributed by atoms with E-state index in [1.165, 1.54) is 38.7 Å². The van der Waals surface area contributed by atoms with Crippen molar-refractivity contribution in [2.24, 2.45) is 0 Å². The van der Waals surface area contributed by atoms with E-state index in [0.29, 0.717) is 0 Å². The summed E-state index contributed by atoms with van der Waals surface area (Å²) in [5.74, 6) is 0. The molecule has 0 saturated carbocycles. The predicted octanol–water partition coefficient (Wildman–Crippen LogP) is 6.98. The monoisotopic (exact) mass is 380 g/mol. The van der Waals surface area contributed by atoms with Gasteiger partial charge in [-0.2, -0.15) is 0 Å². The molecule has 0 fully saturated rings. The SMILES string of the molecule is CCc1cc(N(CC)CC)c(-c2c(-c3ccccc3)ccc3ccccc23)cn1. The van der Waals surface area contributed by atoms with Gasteiger partial charge in [0.2, 0.25) is 0 Å². The summed E-state index contributed by atoms with van der Waals surface area (Å²) < 4.78 is 0. The van der Waals surface area contributed by atoms with Crippen LogP contribution >= 0.6 is 0 Å². The lowest BCUT2D eigenvalue weighted by molar-refractivity contribution is 0.862. The Labute approximate surface area is 173 Å². The molecule has 1 heterocycles. The van der Waals surface area contributed by atoms with Crippen molar-refractivity contribution in [2.75, 3.05) is 18.0 Å². The Kier molecular flexibility index (Phi) is 5.62. The number of fused-ring (bicyclic) bond motifs is 1. The zero-order chi connectivity index (χ0) is 20.2. The number of rotatable bonds is 6. The summed E-state index contributed by atoms with van der Waals surface area (Å²) in [6.07, 6.45) is 3.02. The smallest absolute Gasteiger partial charge is 0.0480 e. The summed E-state index contributed by atoms with van der Waals surface area (Å²) in [5, 5.41) is 2.53. The van der Waals surface area contributed by atoms with Crippen LogP contribution in [0.25, 0.3) is 33.0 Å². The average Bonchev–Trinajstić information content (AvgIpc) is 2.80. The maximum atomic E-state index is 4.80. The van der Waals surface area contributed by atoms with E-state index in [4.69, 9.17) is 4.98 Å². The first-order valence-electron chi connectivity index (χ1n) is 10.6. The molecule has 0 aliphatic carbocycles. The maximum absolute atomic E-state index is 4.80. The van der Waals surface area contributed by atoms with Gasteiger partial charge in [0.15, 0.2) is 0 Å². The Balaban J connectivity index is 2.08. The van der Waals surface area contributed by atoms with Crippen molar-refractivity contribution in [2.45, 2.75) is 27.2 Å². The lowest BCUT2D eigenvalue weighted by atomic mass is 9.89. The van der Waals surface area contributed by atoms with E-state index in [1.807, 2.05) is 0 Å². The molecule has 0 bridgehead atoms. The molecule has 0 radical (unpaired) electrons. The number of hydrogen-bond donors (Lipinski definition) is 0. The zero-order valence-corrected chi connectivity index (χ0v) is 17.5. The highest BCUT2D eigenvalue weighted by Crippen LogP contribution is 2.42. The van der Waals surface area contributed by atoms with Gasteiger partial charge in [0.05, 0.1) is 0 Å². The van der Waals surface area contributed by atoms with E-state index in [0.717, 1.165) is 25.2 Å². The van der Waals surface area contributed by atoms with Gasteiger partial charge < -0.3 is 4.90 Å². The van der Waals surface area contributed by atoms with Crippen LogP contribution in [0, 0.1) is 0 Å². The van der Waals surface area contributed by atoms with E-state index in [2.05, 4.69) is 105 Å². The lowest BCUT2D eigenvalue weighted by Gasteiger charge is -2.26. The number of aromatic nitrogens is 1. The third-order valence-corrected chi connectivity index (χ3v) is 5.69. The fourth-order valence-corrected chi connectivity index (χ4v) is 4.12. The van der Waals surface area contributed by atoms with Crippen molar-refractivity contribution >= 4 is 16.5 Å². The second-order valence-corrected chi connectivity index (χ2v) is 7.29. The van der Waals surface area contributed by atoms with Crippen molar-refractivity contribution < 1.29 is 0 Å². The van der Waals surface area contributed by atoms with Gasteiger partial charge in [-0.3, -0.25) is 4.98 Å². The van der Waals surface area contributed by atoms with Crippen LogP contribution in [0.2, 0.25) is 0 Å². The molecule has 0 atom stereocenters. The number of anilines is 1. The minimum Gasteiger partial charge on any atom is -0.371 e. The Bertz CT molecular complexity index is 1110. The molecule has 0 amide bonds. The van der Waals surface area contributed by atoms with E-state index in [1.54, 1.807) is 0 Å². The van der Waals surface area contributed by atoms with Crippen LogP contribution in [-0.4, -0.2) is 18.1 Å². The molecule has 0 spiro atoms. The lowest BCUT2D eigenvalue weighted by Crippen LogP contribution is -2.23. The summed E-state index contributed by atoms with van der Waals surface area (Å²) in [6, 6.07) is 26.1. The predicted molar refractivity (Wildman–Crippen MR) is 126 cm³/mol. The molecule has 3 aromatic carbocycles. The van der Waals surface area contributed by atoms with Crippen molar-refractivity contribution in [3.63, 3.8) is 0 Å². The van der Waals surface area contributed by atoms with E-state index in [9.17, 15) is 0 Å². The molecule has 29 heavy (non-hydrogen) atoms. The molecule has 2 nitrogen and oxygen atoms in total. The van der Waals surface area contributed by atoms with Gasteiger partial charge in [-0.15, -0.1) is 0 Å². The van der Waals surface area contributed by atoms with Gasteiger partial charge in [0, 0.05) is 41.8 Å². The van der Waals surface area contributed by atoms with Crippen LogP contribution < -0.4 is 4.90 Å². The van der Waals surface area contributed by atoms with Gasteiger partial charge in [-0.1, -0.05) is 73.7 Å². The molecule has 0 aliphatic heterocycles. The molecular weight excluding hydrogens is 352 g/mol. The fraction of sp³-hybridized carbons (Fsp3) is 0.222. The number of benzene rings is 3. The molecule has 1 aromatic heterocycles. The number of hydrogen-bond acceptors (Lipinski definition) is 2. The Morgan fingerprint density at radius 2 is 1.48 bits per heavy atom. The second-order valence-electron chi connectivity index (χ2n) is 7.29.